The predicted octanol–water partition coefficient (Wildman–Crippen LogP) is 0.0664. The minimum atomic E-state index is -1.21. The van der Waals surface area contributed by atoms with Crippen molar-refractivity contribution in [2.24, 2.45) is 20.7 Å². The molecule has 9 atom stereocenters. The van der Waals surface area contributed by atoms with Gasteiger partial charge in [-0.25, -0.2) is 24.9 Å². The first-order chi connectivity index (χ1) is 25.0. The van der Waals surface area contributed by atoms with Gasteiger partial charge >= 0.3 is 0 Å². The second-order valence-corrected chi connectivity index (χ2v) is 16.1. The second-order valence-electron chi connectivity index (χ2n) is 12.3. The summed E-state index contributed by atoms with van der Waals surface area (Å²) in [5.41, 5.74) is 8.88. The van der Waals surface area contributed by atoms with Crippen LogP contribution in [-0.2, 0) is 22.4 Å². The molecule has 0 saturated carbocycles. The Morgan fingerprint density at radius 3 is 2.40 bits per heavy atom. The highest BCUT2D eigenvalue weighted by Crippen LogP contribution is 2.34. The maximum atomic E-state index is 10.3. The van der Waals surface area contributed by atoms with Crippen LogP contribution in [0, 0.1) is 0 Å². The Kier molecular flexibility index (Phi) is 11.0. The molecule has 0 spiro atoms. The third-order valence-electron chi connectivity index (χ3n) is 8.95. The number of halogens is 2. The number of fused-ring (bicyclic) bond motifs is 2. The molecular weight excluding hydrogens is 808 g/mol. The van der Waals surface area contributed by atoms with Crippen LogP contribution in [-0.4, -0.2) is 141 Å². The summed E-state index contributed by atoms with van der Waals surface area (Å²) in [5.74, 6) is 0.981. The molecule has 4 aromatic rings. The van der Waals surface area contributed by atoms with E-state index in [1.165, 1.54) is 34.9 Å². The van der Waals surface area contributed by atoms with Crippen LogP contribution in [0.25, 0.3) is 11.2 Å². The van der Waals surface area contributed by atoms with E-state index in [0.29, 0.717) is 45.8 Å². The zero-order chi connectivity index (χ0) is 36.7. The number of hydrogen-bond donors (Lipinski definition) is 8. The van der Waals surface area contributed by atoms with Crippen molar-refractivity contribution in [3.63, 3.8) is 0 Å². The van der Waals surface area contributed by atoms with Gasteiger partial charge in [-0.1, -0.05) is 11.6 Å². The molecule has 9 N–H and O–H groups in total. The normalized spacial score (nSPS) is 31.1. The van der Waals surface area contributed by atoms with Gasteiger partial charge in [-0.2, -0.15) is 0 Å². The van der Waals surface area contributed by atoms with Gasteiger partial charge in [-0.15, -0.1) is 22.7 Å². The lowest BCUT2D eigenvalue weighted by Gasteiger charge is -2.32. The molecule has 1 unspecified atom stereocenters. The maximum Gasteiger partial charge on any atom is 0.167 e. The zero-order valence-electron chi connectivity index (χ0n) is 26.9. The molecule has 4 aliphatic heterocycles. The van der Waals surface area contributed by atoms with Crippen molar-refractivity contribution < 1.29 is 40.1 Å². The van der Waals surface area contributed by atoms with Gasteiger partial charge in [-0.05, 0) is 44.4 Å². The number of anilines is 1. The number of rotatable bonds is 9. The van der Waals surface area contributed by atoms with Gasteiger partial charge in [0, 0.05) is 18.5 Å². The van der Waals surface area contributed by atoms with Crippen LogP contribution < -0.4 is 11.1 Å². The molecule has 0 bridgehead atoms. The molecule has 4 aromatic heterocycles. The average Bonchev–Trinajstić information content (AvgIpc) is 4.00. The van der Waals surface area contributed by atoms with Gasteiger partial charge in [0.15, 0.2) is 40.9 Å². The van der Waals surface area contributed by atoms with Crippen molar-refractivity contribution in [1.29, 1.82) is 0 Å². The number of aliphatic hydroxyl groups is 6. The minimum Gasteiger partial charge on any atom is -0.394 e. The van der Waals surface area contributed by atoms with E-state index in [0.717, 1.165) is 14.9 Å². The Balaban J connectivity index is 0.000000162. The molecule has 4 aliphatic rings. The molecule has 2 fully saturated rings. The number of thiophene rings is 2. The lowest BCUT2D eigenvalue weighted by Crippen LogP contribution is -2.56. The summed E-state index contributed by atoms with van der Waals surface area (Å²) in [6, 6.07) is 3.91. The molecule has 52 heavy (non-hydrogen) atoms. The van der Waals surface area contributed by atoms with E-state index in [9.17, 15) is 30.6 Å². The number of nitrogens with one attached hydrogen (secondary N) is 1. The van der Waals surface area contributed by atoms with Crippen LogP contribution in [0.5, 0.6) is 0 Å². The third-order valence-corrected chi connectivity index (χ3v) is 11.8. The summed E-state index contributed by atoms with van der Waals surface area (Å²) in [4.78, 5) is 27.4. The van der Waals surface area contributed by atoms with Crippen molar-refractivity contribution in [3.05, 3.63) is 54.8 Å². The number of ether oxygens (including phenoxy) is 2. The molecule has 0 radical (unpaired) electrons. The Hall–Kier alpha value is -3.03. The highest BCUT2D eigenvalue weighted by molar-refractivity contribution is 9.11. The number of nitrogens with two attached hydrogens (primary N) is 1. The molecule has 8 heterocycles. The van der Waals surface area contributed by atoms with Crippen LogP contribution in [0.4, 0.5) is 5.82 Å². The number of amidine groups is 1. The standard InChI is InChI=1S/C15H18BrN5O4S.C15H16ClN5O4S/c16-9-1-7(4-26-9)2-15(17)12-13(18-5-20-15)21(6-19-12)14-11(24)10(23)8(3-22)25-14;16-12-7(1-2-26-12)3-17-13-9-14(19-5-18-13)21(6-20-9)15-11(24)10(23)8(4-22)25-15/h1,4-5,8,10-11,14,22-24H,2-3,6,17H2;1-2,5-6,8,10-11,15,22-24H,3-4H2,(H,17,18,19)/t8-,10-,11-,14-,15?;8-,10-,11-,15-/m11/s1. The van der Waals surface area contributed by atoms with E-state index >= 15 is 0 Å². The van der Waals surface area contributed by atoms with Crippen molar-refractivity contribution in [2.75, 3.05) is 25.2 Å². The fraction of sp³-hybridized carbons (Fsp3) is 0.467. The monoisotopic (exact) mass is 840 g/mol. The van der Waals surface area contributed by atoms with E-state index in [4.69, 9.17) is 26.8 Å². The van der Waals surface area contributed by atoms with Crippen LogP contribution in [0.3, 0.4) is 0 Å². The SMILES string of the molecule is NC1(Cc2csc(Br)c2)N=CN=C2C1=NCN2[C@@H]1O[C@H](CO)[C@@H](O)[C@H]1O.OC[C@H]1O[C@@H](n2cnc3c(NCc4ccsc4Cl)ncnc32)[C@H](O)[C@@H]1O. The van der Waals surface area contributed by atoms with Gasteiger partial charge < -0.3 is 56.1 Å². The molecular formula is C30H34BrClN10O8S2. The minimum absolute atomic E-state index is 0.177. The number of aliphatic imine (C=N–C) groups is 3. The fourth-order valence-corrected chi connectivity index (χ4v) is 8.39. The third kappa shape index (κ3) is 7.01. The first kappa shape index (κ1) is 37.3. The van der Waals surface area contributed by atoms with E-state index in [1.807, 2.05) is 22.9 Å². The second kappa shape index (κ2) is 15.4. The molecule has 278 valence electrons. The summed E-state index contributed by atoms with van der Waals surface area (Å²) in [7, 11) is 0. The van der Waals surface area contributed by atoms with E-state index in [-0.39, 0.29) is 6.67 Å². The molecule has 0 aliphatic carbocycles. The number of imidazole rings is 1. The Labute approximate surface area is 316 Å². The summed E-state index contributed by atoms with van der Waals surface area (Å²) < 4.78 is 14.4. The van der Waals surface area contributed by atoms with Crippen LogP contribution in [0.15, 0.2) is 54.3 Å². The van der Waals surface area contributed by atoms with Gasteiger partial charge in [0.1, 0.15) is 61.7 Å². The van der Waals surface area contributed by atoms with Gasteiger partial charge in [0.2, 0.25) is 0 Å². The topological polar surface area (TPSA) is 262 Å². The lowest BCUT2D eigenvalue weighted by atomic mass is 9.96. The van der Waals surface area contributed by atoms with Crippen molar-refractivity contribution in [3.8, 4) is 0 Å². The van der Waals surface area contributed by atoms with E-state index in [1.54, 1.807) is 16.2 Å². The molecule has 8 rings (SSSR count). The van der Waals surface area contributed by atoms with Gasteiger partial charge in [0.25, 0.3) is 0 Å². The number of aliphatic hydroxyl groups excluding tert-OH is 6. The van der Waals surface area contributed by atoms with Crippen molar-refractivity contribution >= 4 is 85.1 Å². The van der Waals surface area contributed by atoms with Gasteiger partial charge in [-0.3, -0.25) is 9.56 Å². The molecule has 0 aromatic carbocycles. The van der Waals surface area contributed by atoms with Crippen LogP contribution >= 0.6 is 50.2 Å². The quantitative estimate of drug-likeness (QED) is 0.111. The Morgan fingerprint density at radius 1 is 1.02 bits per heavy atom. The van der Waals surface area contributed by atoms with Gasteiger partial charge in [0.05, 0.1) is 27.7 Å². The van der Waals surface area contributed by atoms with Crippen LogP contribution in [0.2, 0.25) is 4.34 Å². The Bertz CT molecular complexity index is 2000. The zero-order valence-corrected chi connectivity index (χ0v) is 30.9. The first-order valence-electron chi connectivity index (χ1n) is 15.9. The highest BCUT2D eigenvalue weighted by atomic mass is 79.9. The fourth-order valence-electron chi connectivity index (χ4n) is 6.25. The number of hydrogen-bond acceptors (Lipinski definition) is 19. The summed E-state index contributed by atoms with van der Waals surface area (Å²) in [5, 5.41) is 66.0. The first-order valence-corrected chi connectivity index (χ1v) is 18.8. The summed E-state index contributed by atoms with van der Waals surface area (Å²) in [6.45, 7) is -0.131. The maximum absolute atomic E-state index is 10.3. The predicted molar refractivity (Wildman–Crippen MR) is 195 cm³/mol. The molecule has 22 heteroatoms. The number of nitrogens with zero attached hydrogens (tertiary/aromatic N) is 8. The largest absolute Gasteiger partial charge is 0.394 e. The summed E-state index contributed by atoms with van der Waals surface area (Å²) in [6.07, 6.45) is -3.60. The summed E-state index contributed by atoms with van der Waals surface area (Å²) >= 11 is 12.6. The number of aromatic nitrogens is 4. The van der Waals surface area contributed by atoms with Crippen molar-refractivity contribution in [1.82, 2.24) is 24.4 Å². The van der Waals surface area contributed by atoms with E-state index in [2.05, 4.69) is 51.2 Å². The van der Waals surface area contributed by atoms with Crippen molar-refractivity contribution in [2.45, 2.75) is 67.7 Å². The molecule has 0 amide bonds. The lowest BCUT2D eigenvalue weighted by molar-refractivity contribution is -0.0688. The smallest absolute Gasteiger partial charge is 0.167 e. The molecule has 2 saturated heterocycles. The van der Waals surface area contributed by atoms with E-state index < -0.39 is 68.0 Å². The highest BCUT2D eigenvalue weighted by Gasteiger charge is 2.50. The average molecular weight is 842 g/mol. The Morgan fingerprint density at radius 2 is 1.75 bits per heavy atom. The molecule has 18 nitrogen and oxygen atoms in total. The van der Waals surface area contributed by atoms with Crippen LogP contribution in [0.1, 0.15) is 17.4 Å².